The highest BCUT2D eigenvalue weighted by atomic mass is 16.3. The van der Waals surface area contributed by atoms with Gasteiger partial charge in [0.1, 0.15) is 22.3 Å². The molecule has 2 aromatic heterocycles. The summed E-state index contributed by atoms with van der Waals surface area (Å²) in [6, 6.07) is 99.1. The molecule has 13 aromatic carbocycles. The summed E-state index contributed by atoms with van der Waals surface area (Å²) >= 11 is 0. The Morgan fingerprint density at radius 2 is 0.705 bits per heavy atom. The van der Waals surface area contributed by atoms with Crippen molar-refractivity contribution in [1.29, 1.82) is 0 Å². The number of hydrogen-bond acceptors (Lipinski definition) is 3. The first kappa shape index (κ1) is 65.1. The van der Waals surface area contributed by atoms with Gasteiger partial charge in [-0.25, -0.2) is 0 Å². The van der Waals surface area contributed by atoms with Gasteiger partial charge in [0.2, 0.25) is 0 Å². The highest BCUT2D eigenvalue weighted by molar-refractivity contribution is 6.20. The molecular formula is C102H91NO2. The summed E-state index contributed by atoms with van der Waals surface area (Å²) < 4.78 is 13.8. The van der Waals surface area contributed by atoms with E-state index in [0.717, 1.165) is 78.8 Å². The number of furan rings is 2. The first-order valence-electron chi connectivity index (χ1n) is 39.3. The van der Waals surface area contributed by atoms with Crippen LogP contribution >= 0.6 is 0 Å². The van der Waals surface area contributed by atoms with Gasteiger partial charge in [-0.2, -0.15) is 0 Å². The second-order valence-corrected chi connectivity index (χ2v) is 32.0. The van der Waals surface area contributed by atoms with Crippen LogP contribution in [0, 0.1) is 0 Å². The fourth-order valence-electron chi connectivity index (χ4n) is 19.6. The predicted molar refractivity (Wildman–Crippen MR) is 443 cm³/mol. The van der Waals surface area contributed by atoms with Crippen molar-refractivity contribution in [3.05, 3.63) is 305 Å². The first-order chi connectivity index (χ1) is 51.5. The number of benzene rings is 13. The SMILES string of the molecule is CCCCCCCCC1(CCCCCCCC)c2ccccc2-c2ccc(-c3ccc4c(c3)Cc3cc(-c5ccc(N(c6ccc7c(c6)C(C)(C)c6cc(-c8ccccc8)c8oc9ccccc9c8c6-7)c6ccc7c(c6)C(C)(C)c6cc(-c8ccccc8)c8oc9ccccc9c8c6-7)cc5)ccc3-4)cc21. The van der Waals surface area contributed by atoms with Gasteiger partial charge in [0.25, 0.3) is 0 Å². The Bertz CT molecular complexity index is 5670. The zero-order valence-electron chi connectivity index (χ0n) is 61.7. The normalized spacial score (nSPS) is 14.3. The molecule has 0 atom stereocenters. The van der Waals surface area contributed by atoms with Crippen molar-refractivity contribution in [2.24, 2.45) is 0 Å². The van der Waals surface area contributed by atoms with Gasteiger partial charge < -0.3 is 13.7 Å². The van der Waals surface area contributed by atoms with Gasteiger partial charge in [0.05, 0.1) is 0 Å². The third-order valence-electron chi connectivity index (χ3n) is 25.1. The highest BCUT2D eigenvalue weighted by Crippen LogP contribution is 2.60. The summed E-state index contributed by atoms with van der Waals surface area (Å²) in [6.07, 6.45) is 19.2. The van der Waals surface area contributed by atoms with Gasteiger partial charge in [-0.1, -0.05) is 313 Å². The third kappa shape index (κ3) is 10.6. The Hall–Kier alpha value is -10.7. The molecule has 0 fully saturated rings. The maximum Gasteiger partial charge on any atom is 0.143 e. The van der Waals surface area contributed by atoms with Crippen molar-refractivity contribution >= 4 is 60.9 Å². The van der Waals surface area contributed by atoms with Crippen molar-refractivity contribution in [2.75, 3.05) is 4.90 Å². The molecule has 2 heterocycles. The van der Waals surface area contributed by atoms with Crippen LogP contribution < -0.4 is 4.90 Å². The molecule has 4 aliphatic carbocycles. The zero-order valence-corrected chi connectivity index (χ0v) is 61.7. The van der Waals surface area contributed by atoms with Crippen molar-refractivity contribution < 1.29 is 8.83 Å². The molecule has 19 rings (SSSR count). The molecule has 0 saturated carbocycles. The standard InChI is InChI=1S/C102H91NO2/c1-7-9-11-13-15-29-55-102(56-30-16-14-12-10-8-2)86-38-26-23-35-78(86)79-52-45-70(60-89(79)102)69-44-51-77-72(58-69)59-71-57-68(43-50-76(71)77)65-41-46-73(47-42-65)103(74-48-53-80-87(61-74)100(3,4)90-63-84(66-31-19-17-20-32-66)98-96(94(80)90)82-36-24-27-39-92(82)104-98)75-49-54-81-88(62-75)101(5,6)91-64-85(67-33-21-18-22-34-67)99-97(95(81)91)83-37-25-28-40-93(83)105-99/h17-28,31-54,57-58,60-64H,7-16,29-30,55-56,59H2,1-6H3. The largest absolute Gasteiger partial charge is 0.455 e. The third-order valence-corrected chi connectivity index (χ3v) is 25.1. The summed E-state index contributed by atoms with van der Waals surface area (Å²) in [6.45, 7) is 14.3. The number of anilines is 3. The van der Waals surface area contributed by atoms with E-state index in [-0.39, 0.29) is 16.2 Å². The maximum absolute atomic E-state index is 6.91. The predicted octanol–water partition coefficient (Wildman–Crippen LogP) is 29.6. The number of nitrogens with zero attached hydrogens (tertiary/aromatic N) is 1. The summed E-state index contributed by atoms with van der Waals surface area (Å²) in [5.41, 5.74) is 37.9. The maximum atomic E-state index is 6.91. The minimum Gasteiger partial charge on any atom is -0.455 e. The molecule has 0 N–H and O–H groups in total. The van der Waals surface area contributed by atoms with Gasteiger partial charge >= 0.3 is 0 Å². The van der Waals surface area contributed by atoms with Crippen molar-refractivity contribution in [3.63, 3.8) is 0 Å². The van der Waals surface area contributed by atoms with Crippen LogP contribution in [0.25, 0.3) is 133 Å². The van der Waals surface area contributed by atoms with E-state index in [9.17, 15) is 0 Å². The minimum atomic E-state index is -0.348. The van der Waals surface area contributed by atoms with Gasteiger partial charge in [0.15, 0.2) is 0 Å². The number of hydrogen-bond donors (Lipinski definition) is 0. The first-order valence-corrected chi connectivity index (χ1v) is 39.3. The zero-order chi connectivity index (χ0) is 70.7. The van der Waals surface area contributed by atoms with E-state index >= 15 is 0 Å². The molecule has 3 nitrogen and oxygen atoms in total. The van der Waals surface area contributed by atoms with Crippen LogP contribution in [0.3, 0.4) is 0 Å². The topological polar surface area (TPSA) is 29.5 Å². The Morgan fingerprint density at radius 3 is 1.23 bits per heavy atom. The molecular weight excluding hydrogens is 1270 g/mol. The molecule has 0 radical (unpaired) electrons. The number of fused-ring (bicyclic) bond motifs is 20. The van der Waals surface area contributed by atoms with E-state index in [1.165, 1.54) is 201 Å². The van der Waals surface area contributed by atoms with E-state index in [0.29, 0.717) is 0 Å². The molecule has 0 unspecified atom stereocenters. The molecule has 516 valence electrons. The van der Waals surface area contributed by atoms with Crippen LogP contribution in [0.15, 0.2) is 270 Å². The average molecular weight is 1360 g/mol. The molecule has 0 saturated heterocycles. The fourth-order valence-corrected chi connectivity index (χ4v) is 19.6. The molecule has 105 heavy (non-hydrogen) atoms. The molecule has 0 aliphatic heterocycles. The van der Waals surface area contributed by atoms with Crippen LogP contribution in [0.5, 0.6) is 0 Å². The molecule has 4 aliphatic rings. The van der Waals surface area contributed by atoms with Crippen LogP contribution in [0.1, 0.15) is 176 Å². The van der Waals surface area contributed by atoms with Gasteiger partial charge in [-0.3, -0.25) is 0 Å². The molecule has 0 bridgehead atoms. The lowest BCUT2D eigenvalue weighted by Gasteiger charge is -2.33. The average Bonchev–Trinajstić information content (AvgIpc) is 1.55. The van der Waals surface area contributed by atoms with Crippen molar-refractivity contribution in [3.8, 4) is 89.0 Å². The lowest BCUT2D eigenvalue weighted by atomic mass is 9.70. The Balaban J connectivity index is 0.683. The van der Waals surface area contributed by atoms with Gasteiger partial charge in [-0.05, 0) is 208 Å². The lowest BCUT2D eigenvalue weighted by molar-refractivity contribution is 0.398. The van der Waals surface area contributed by atoms with Gasteiger partial charge in [-0.15, -0.1) is 0 Å². The van der Waals surface area contributed by atoms with Crippen LogP contribution in [-0.2, 0) is 22.7 Å². The lowest BCUT2D eigenvalue weighted by Crippen LogP contribution is -2.25. The van der Waals surface area contributed by atoms with Crippen molar-refractivity contribution in [1.82, 2.24) is 0 Å². The van der Waals surface area contributed by atoms with Crippen molar-refractivity contribution in [2.45, 2.75) is 154 Å². The second kappa shape index (κ2) is 25.8. The monoisotopic (exact) mass is 1360 g/mol. The van der Waals surface area contributed by atoms with E-state index in [2.05, 4.69) is 307 Å². The smallest absolute Gasteiger partial charge is 0.143 e. The number of unbranched alkanes of at least 4 members (excludes halogenated alkanes) is 10. The Morgan fingerprint density at radius 1 is 0.295 bits per heavy atom. The summed E-state index contributed by atoms with van der Waals surface area (Å²) in [5, 5.41) is 4.66. The van der Waals surface area contributed by atoms with Crippen LogP contribution in [0.4, 0.5) is 17.1 Å². The fraction of sp³-hybridized carbons (Fsp3) is 0.235. The summed E-state index contributed by atoms with van der Waals surface area (Å²) in [7, 11) is 0. The summed E-state index contributed by atoms with van der Waals surface area (Å²) in [5.74, 6) is 0. The minimum absolute atomic E-state index is 0.0494. The van der Waals surface area contributed by atoms with E-state index in [1.54, 1.807) is 11.1 Å². The quantitative estimate of drug-likeness (QED) is 0.0672. The van der Waals surface area contributed by atoms with E-state index in [1.807, 2.05) is 0 Å². The number of para-hydroxylation sites is 2. The van der Waals surface area contributed by atoms with Crippen LogP contribution in [0.2, 0.25) is 0 Å². The van der Waals surface area contributed by atoms with Crippen LogP contribution in [-0.4, -0.2) is 0 Å². The van der Waals surface area contributed by atoms with E-state index < -0.39 is 0 Å². The van der Waals surface area contributed by atoms with Gasteiger partial charge in [0, 0.05) is 66.0 Å². The molecule has 0 spiro atoms. The molecule has 15 aromatic rings. The Kier molecular flexibility index (Phi) is 16.0. The second-order valence-electron chi connectivity index (χ2n) is 32.0. The summed E-state index contributed by atoms with van der Waals surface area (Å²) in [4.78, 5) is 2.51. The molecule has 3 heteroatoms. The number of rotatable bonds is 21. The Labute approximate surface area is 619 Å². The highest BCUT2D eigenvalue weighted by Gasteiger charge is 2.44. The molecule has 0 amide bonds. The van der Waals surface area contributed by atoms with E-state index in [4.69, 9.17) is 8.83 Å².